The van der Waals surface area contributed by atoms with Crippen LogP contribution in [0.15, 0.2) is 22.6 Å². The first-order chi connectivity index (χ1) is 12.1. The van der Waals surface area contributed by atoms with Crippen molar-refractivity contribution in [3.8, 4) is 0 Å². The number of aromatic nitrogens is 2. The summed E-state index contributed by atoms with van der Waals surface area (Å²) in [6.45, 7) is 0.663. The smallest absolute Gasteiger partial charge is 0.271 e. The third kappa shape index (κ3) is 2.62. The number of nitrogens with one attached hydrogen (secondary N) is 1. The minimum atomic E-state index is -0.289. The monoisotopic (exact) mass is 357 g/mol. The minimum Gasteiger partial charge on any atom is -0.352 e. The summed E-state index contributed by atoms with van der Waals surface area (Å²) in [6, 6.07) is 0. The van der Waals surface area contributed by atoms with Gasteiger partial charge < -0.3 is 5.32 Å². The van der Waals surface area contributed by atoms with Crippen LogP contribution in [0.5, 0.6) is 0 Å². The average molecular weight is 357 g/mol. The predicted molar refractivity (Wildman–Crippen MR) is 96.9 cm³/mol. The van der Waals surface area contributed by atoms with Crippen molar-refractivity contribution in [3.05, 3.63) is 33.7 Å². The van der Waals surface area contributed by atoms with E-state index in [-0.39, 0.29) is 17.0 Å². The van der Waals surface area contributed by atoms with Crippen molar-refractivity contribution in [2.45, 2.75) is 44.9 Å². The highest BCUT2D eigenvalue weighted by Gasteiger charge is 2.50. The summed E-state index contributed by atoms with van der Waals surface area (Å²) in [5, 5.41) is 4.79. The molecule has 4 saturated carbocycles. The summed E-state index contributed by atoms with van der Waals surface area (Å²) in [6.07, 6.45) is 12.5. The lowest BCUT2D eigenvalue weighted by atomic mass is 9.49. The van der Waals surface area contributed by atoms with E-state index in [0.717, 1.165) is 24.2 Å². The van der Waals surface area contributed by atoms with Crippen LogP contribution in [-0.2, 0) is 0 Å². The van der Waals surface area contributed by atoms with Crippen LogP contribution in [0.4, 0.5) is 0 Å². The molecule has 1 amide bonds. The van der Waals surface area contributed by atoms with Gasteiger partial charge in [-0.3, -0.25) is 14.0 Å². The number of hydrogen-bond donors (Lipinski definition) is 1. The van der Waals surface area contributed by atoms with Gasteiger partial charge in [0.15, 0.2) is 4.96 Å². The van der Waals surface area contributed by atoms with Gasteiger partial charge in [-0.2, -0.15) is 0 Å². The van der Waals surface area contributed by atoms with Gasteiger partial charge in [0.25, 0.3) is 11.5 Å². The fourth-order valence-electron chi connectivity index (χ4n) is 6.11. The van der Waals surface area contributed by atoms with E-state index in [9.17, 15) is 9.59 Å². The third-order valence-electron chi connectivity index (χ3n) is 6.69. The van der Waals surface area contributed by atoms with E-state index in [1.807, 2.05) is 0 Å². The first-order valence-corrected chi connectivity index (χ1v) is 10.2. The number of fused-ring (bicyclic) bond motifs is 1. The average Bonchev–Trinajstić information content (AvgIpc) is 3.03. The van der Waals surface area contributed by atoms with Gasteiger partial charge in [0.05, 0.1) is 0 Å². The standard InChI is InChI=1S/C19H23N3O2S/c23-16(15-11-21-18-22(17(15)24)3-4-25-18)20-2-1-19-8-12-5-13(9-19)7-14(6-12)10-19/h3-4,11-14H,1-2,5-10H2,(H,20,23). The van der Waals surface area contributed by atoms with Crippen LogP contribution < -0.4 is 10.9 Å². The van der Waals surface area contributed by atoms with E-state index >= 15 is 0 Å². The number of hydrogen-bond acceptors (Lipinski definition) is 4. The third-order valence-corrected chi connectivity index (χ3v) is 7.46. The van der Waals surface area contributed by atoms with Crippen LogP contribution in [0, 0.1) is 23.2 Å². The van der Waals surface area contributed by atoms with Gasteiger partial charge in [0.2, 0.25) is 0 Å². The summed E-state index contributed by atoms with van der Waals surface area (Å²) in [5.74, 6) is 2.49. The van der Waals surface area contributed by atoms with Crippen molar-refractivity contribution >= 4 is 22.2 Å². The predicted octanol–water partition coefficient (Wildman–Crippen LogP) is 3.09. The quantitative estimate of drug-likeness (QED) is 0.914. The zero-order valence-corrected chi connectivity index (χ0v) is 15.1. The topological polar surface area (TPSA) is 63.5 Å². The molecule has 0 saturated heterocycles. The molecule has 0 aromatic carbocycles. The van der Waals surface area contributed by atoms with Crippen molar-refractivity contribution < 1.29 is 4.79 Å². The second-order valence-corrected chi connectivity index (χ2v) is 9.33. The first-order valence-electron chi connectivity index (χ1n) is 9.35. The molecule has 0 aliphatic heterocycles. The van der Waals surface area contributed by atoms with E-state index < -0.39 is 0 Å². The Morgan fingerprint density at radius 2 is 1.92 bits per heavy atom. The Hall–Kier alpha value is -1.69. The molecule has 2 aromatic heterocycles. The highest BCUT2D eigenvalue weighted by Crippen LogP contribution is 2.61. The zero-order valence-electron chi connectivity index (χ0n) is 14.2. The van der Waals surface area contributed by atoms with Crippen molar-refractivity contribution in [2.24, 2.45) is 23.2 Å². The van der Waals surface area contributed by atoms with Crippen LogP contribution in [0.25, 0.3) is 4.96 Å². The summed E-state index contributed by atoms with van der Waals surface area (Å²) < 4.78 is 1.44. The van der Waals surface area contributed by atoms with Gasteiger partial charge in [-0.15, -0.1) is 11.3 Å². The Labute approximate surface area is 150 Å². The Balaban J connectivity index is 1.26. The van der Waals surface area contributed by atoms with Crippen molar-refractivity contribution in [1.29, 1.82) is 0 Å². The lowest BCUT2D eigenvalue weighted by Crippen LogP contribution is -2.47. The van der Waals surface area contributed by atoms with Gasteiger partial charge in [0.1, 0.15) is 5.56 Å². The Morgan fingerprint density at radius 3 is 2.60 bits per heavy atom. The van der Waals surface area contributed by atoms with Crippen molar-refractivity contribution in [2.75, 3.05) is 6.54 Å². The number of nitrogens with zero attached hydrogens (tertiary/aromatic N) is 2. The highest BCUT2D eigenvalue weighted by atomic mass is 32.1. The molecule has 6 heteroatoms. The largest absolute Gasteiger partial charge is 0.352 e. The molecule has 25 heavy (non-hydrogen) atoms. The van der Waals surface area contributed by atoms with Gasteiger partial charge in [-0.05, 0) is 68.1 Å². The van der Waals surface area contributed by atoms with Gasteiger partial charge in [-0.25, -0.2) is 4.98 Å². The summed E-state index contributed by atoms with van der Waals surface area (Å²) in [7, 11) is 0. The van der Waals surface area contributed by atoms with E-state index in [0.29, 0.717) is 16.9 Å². The molecule has 2 heterocycles. The lowest BCUT2D eigenvalue weighted by Gasteiger charge is -2.57. The summed E-state index contributed by atoms with van der Waals surface area (Å²) in [5.41, 5.74) is 0.312. The van der Waals surface area contributed by atoms with Crippen LogP contribution in [-0.4, -0.2) is 21.8 Å². The molecular formula is C19H23N3O2S. The van der Waals surface area contributed by atoms with Gasteiger partial charge >= 0.3 is 0 Å². The fraction of sp³-hybridized carbons (Fsp3) is 0.632. The van der Waals surface area contributed by atoms with Crippen LogP contribution in [0.3, 0.4) is 0 Å². The van der Waals surface area contributed by atoms with Crippen molar-refractivity contribution in [3.63, 3.8) is 0 Å². The molecule has 6 rings (SSSR count). The summed E-state index contributed by atoms with van der Waals surface area (Å²) in [4.78, 5) is 29.7. The van der Waals surface area contributed by atoms with Crippen molar-refractivity contribution in [1.82, 2.24) is 14.7 Å². The summed E-state index contributed by atoms with van der Waals surface area (Å²) >= 11 is 1.39. The molecule has 2 aromatic rings. The molecule has 0 spiro atoms. The minimum absolute atomic E-state index is 0.140. The molecule has 132 valence electrons. The molecule has 5 nitrogen and oxygen atoms in total. The first kappa shape index (κ1) is 15.6. The number of rotatable bonds is 4. The Morgan fingerprint density at radius 1 is 1.24 bits per heavy atom. The van der Waals surface area contributed by atoms with E-state index in [2.05, 4.69) is 10.3 Å². The normalized spacial score (nSPS) is 33.0. The maximum absolute atomic E-state index is 12.5. The Kier molecular flexibility index (Phi) is 3.52. The maximum Gasteiger partial charge on any atom is 0.271 e. The van der Waals surface area contributed by atoms with Crippen LogP contribution in [0.2, 0.25) is 0 Å². The second-order valence-electron chi connectivity index (χ2n) is 8.46. The molecule has 0 unspecified atom stereocenters. The molecule has 4 fully saturated rings. The van der Waals surface area contributed by atoms with Gasteiger partial charge in [0, 0.05) is 24.3 Å². The van der Waals surface area contributed by atoms with Crippen LogP contribution >= 0.6 is 11.3 Å². The van der Waals surface area contributed by atoms with E-state index in [1.54, 1.807) is 11.6 Å². The molecule has 0 radical (unpaired) electrons. The zero-order chi connectivity index (χ0) is 17.0. The fourth-order valence-corrected chi connectivity index (χ4v) is 6.79. The molecule has 1 N–H and O–H groups in total. The molecule has 4 bridgehead atoms. The molecule has 4 aliphatic carbocycles. The van der Waals surface area contributed by atoms with E-state index in [1.165, 1.54) is 60.5 Å². The number of carbonyl (C=O) groups is 1. The highest BCUT2D eigenvalue weighted by molar-refractivity contribution is 7.15. The lowest BCUT2D eigenvalue weighted by molar-refractivity contribution is -0.0564. The maximum atomic E-state index is 12.5. The molecular weight excluding hydrogens is 334 g/mol. The molecule has 0 atom stereocenters. The molecule has 4 aliphatic rings. The Bertz CT molecular complexity index is 849. The second kappa shape index (κ2) is 5.66. The van der Waals surface area contributed by atoms with Crippen LogP contribution in [0.1, 0.15) is 55.3 Å². The number of carbonyl (C=O) groups excluding carboxylic acids is 1. The number of amides is 1. The van der Waals surface area contributed by atoms with Gasteiger partial charge in [-0.1, -0.05) is 0 Å². The van der Waals surface area contributed by atoms with E-state index in [4.69, 9.17) is 0 Å². The number of thiazole rings is 1. The SMILES string of the molecule is O=C(NCCC12CC3CC(CC(C3)C1)C2)c1cnc2sccn2c1=O.